The lowest BCUT2D eigenvalue weighted by Gasteiger charge is -2.33. The normalized spacial score (nSPS) is 21.9. The molecule has 1 aliphatic rings. The number of hydrogen-bond acceptors (Lipinski definition) is 4. The zero-order valence-corrected chi connectivity index (χ0v) is 10.6. The van der Waals surface area contributed by atoms with Crippen molar-refractivity contribution in [3.05, 3.63) is 30.0 Å². The number of rotatable bonds is 3. The Bertz CT molecular complexity index is 636. The first kappa shape index (κ1) is 11.9. The van der Waals surface area contributed by atoms with Gasteiger partial charge >= 0.3 is 5.97 Å². The first-order chi connectivity index (χ1) is 9.13. The Morgan fingerprint density at radius 2 is 2.21 bits per heavy atom. The van der Waals surface area contributed by atoms with Crippen molar-refractivity contribution in [1.82, 2.24) is 9.97 Å². The van der Waals surface area contributed by atoms with Crippen molar-refractivity contribution in [2.75, 3.05) is 5.32 Å². The number of carbonyl (C=O) groups is 1. The molecule has 1 fully saturated rings. The van der Waals surface area contributed by atoms with Crippen LogP contribution in [0.3, 0.4) is 0 Å². The Hall–Kier alpha value is -2.17. The molecule has 2 aromatic rings. The molecule has 1 heterocycles. The third-order valence-electron chi connectivity index (χ3n) is 3.55. The van der Waals surface area contributed by atoms with Crippen molar-refractivity contribution in [3.8, 4) is 0 Å². The maximum absolute atomic E-state index is 11.2. The summed E-state index contributed by atoms with van der Waals surface area (Å²) in [5.41, 5.74) is 0.699. The molecule has 1 saturated carbocycles. The van der Waals surface area contributed by atoms with E-state index in [1.807, 2.05) is 6.07 Å². The highest BCUT2D eigenvalue weighted by Gasteiger charge is 2.25. The van der Waals surface area contributed by atoms with Crippen molar-refractivity contribution in [2.24, 2.45) is 5.92 Å². The van der Waals surface area contributed by atoms with E-state index in [4.69, 9.17) is 5.11 Å². The van der Waals surface area contributed by atoms with E-state index >= 15 is 0 Å². The number of hydrogen-bond donors (Lipinski definition) is 2. The molecule has 1 aromatic heterocycles. The SMILES string of the molecule is CC1CC(Nc2ncc3cccc(C(=O)O)c3n2)C1. The number of fused-ring (bicyclic) bond motifs is 1. The average molecular weight is 257 g/mol. The van der Waals surface area contributed by atoms with Crippen LogP contribution in [0.4, 0.5) is 5.95 Å². The minimum absolute atomic E-state index is 0.213. The van der Waals surface area contributed by atoms with Gasteiger partial charge in [0.15, 0.2) is 0 Å². The van der Waals surface area contributed by atoms with Gasteiger partial charge in [0, 0.05) is 17.6 Å². The molecule has 1 aliphatic carbocycles. The quantitative estimate of drug-likeness (QED) is 0.883. The van der Waals surface area contributed by atoms with E-state index in [1.165, 1.54) is 0 Å². The molecule has 0 bridgehead atoms. The fourth-order valence-corrected chi connectivity index (χ4v) is 2.50. The Labute approximate surface area is 110 Å². The predicted octanol–water partition coefficient (Wildman–Crippen LogP) is 2.54. The van der Waals surface area contributed by atoms with E-state index in [0.29, 0.717) is 17.5 Å². The highest BCUT2D eigenvalue weighted by Crippen LogP contribution is 2.29. The lowest BCUT2D eigenvalue weighted by Crippen LogP contribution is -2.34. The number of nitrogens with zero attached hydrogens (tertiary/aromatic N) is 2. The maximum atomic E-state index is 11.2. The summed E-state index contributed by atoms with van der Waals surface area (Å²) in [7, 11) is 0. The molecular formula is C14H15N3O2. The van der Waals surface area contributed by atoms with Crippen LogP contribution < -0.4 is 5.32 Å². The molecule has 3 rings (SSSR count). The molecule has 1 aromatic carbocycles. The molecule has 0 aliphatic heterocycles. The van der Waals surface area contributed by atoms with Crippen LogP contribution in [-0.2, 0) is 0 Å². The Morgan fingerprint density at radius 3 is 2.89 bits per heavy atom. The van der Waals surface area contributed by atoms with E-state index in [0.717, 1.165) is 24.1 Å². The fraction of sp³-hybridized carbons (Fsp3) is 0.357. The zero-order chi connectivity index (χ0) is 13.4. The van der Waals surface area contributed by atoms with Crippen molar-refractivity contribution < 1.29 is 9.90 Å². The van der Waals surface area contributed by atoms with Gasteiger partial charge in [-0.3, -0.25) is 0 Å². The van der Waals surface area contributed by atoms with Gasteiger partial charge in [-0.05, 0) is 24.8 Å². The Kier molecular flexibility index (Phi) is 2.81. The molecule has 5 nitrogen and oxygen atoms in total. The second kappa shape index (κ2) is 4.50. The maximum Gasteiger partial charge on any atom is 0.337 e. The van der Waals surface area contributed by atoms with Crippen LogP contribution in [0.1, 0.15) is 30.1 Å². The smallest absolute Gasteiger partial charge is 0.337 e. The van der Waals surface area contributed by atoms with Crippen LogP contribution >= 0.6 is 0 Å². The zero-order valence-electron chi connectivity index (χ0n) is 10.6. The first-order valence-corrected chi connectivity index (χ1v) is 6.39. The van der Waals surface area contributed by atoms with Gasteiger partial charge in [-0.2, -0.15) is 0 Å². The number of aromatic nitrogens is 2. The molecule has 0 atom stereocenters. The van der Waals surface area contributed by atoms with Crippen LogP contribution in [0.25, 0.3) is 10.9 Å². The van der Waals surface area contributed by atoms with E-state index < -0.39 is 5.97 Å². The Balaban J connectivity index is 1.94. The molecule has 0 spiro atoms. The highest BCUT2D eigenvalue weighted by molar-refractivity contribution is 6.01. The number of benzene rings is 1. The minimum atomic E-state index is -0.965. The summed E-state index contributed by atoms with van der Waals surface area (Å²) in [6.45, 7) is 2.21. The van der Waals surface area contributed by atoms with Gasteiger partial charge in [0.1, 0.15) is 0 Å². The summed E-state index contributed by atoms with van der Waals surface area (Å²) in [6, 6.07) is 5.49. The highest BCUT2D eigenvalue weighted by atomic mass is 16.4. The summed E-state index contributed by atoms with van der Waals surface area (Å²) in [5.74, 6) is 0.290. The van der Waals surface area contributed by atoms with Crippen LogP contribution in [0.5, 0.6) is 0 Å². The molecule has 0 saturated heterocycles. The molecule has 19 heavy (non-hydrogen) atoms. The van der Waals surface area contributed by atoms with Gasteiger partial charge in [0.05, 0.1) is 11.1 Å². The van der Waals surface area contributed by atoms with E-state index in [2.05, 4.69) is 22.2 Å². The third-order valence-corrected chi connectivity index (χ3v) is 3.55. The summed E-state index contributed by atoms with van der Waals surface area (Å²) in [5, 5.41) is 13.2. The Morgan fingerprint density at radius 1 is 1.42 bits per heavy atom. The number of aromatic carboxylic acids is 1. The monoisotopic (exact) mass is 257 g/mol. The van der Waals surface area contributed by atoms with E-state index in [-0.39, 0.29) is 5.56 Å². The molecule has 0 unspecified atom stereocenters. The molecule has 0 radical (unpaired) electrons. The van der Waals surface area contributed by atoms with Crippen molar-refractivity contribution >= 4 is 22.8 Å². The van der Waals surface area contributed by atoms with Crippen LogP contribution in [0, 0.1) is 5.92 Å². The fourth-order valence-electron chi connectivity index (χ4n) is 2.50. The molecule has 98 valence electrons. The van der Waals surface area contributed by atoms with Crippen molar-refractivity contribution in [3.63, 3.8) is 0 Å². The van der Waals surface area contributed by atoms with E-state index in [1.54, 1.807) is 18.3 Å². The number of anilines is 1. The van der Waals surface area contributed by atoms with Gasteiger partial charge in [-0.1, -0.05) is 19.1 Å². The average Bonchev–Trinajstić information content (AvgIpc) is 2.36. The summed E-state index contributed by atoms with van der Waals surface area (Å²) >= 11 is 0. The molecule has 0 amide bonds. The van der Waals surface area contributed by atoms with Gasteiger partial charge in [0.2, 0.25) is 5.95 Å². The minimum Gasteiger partial charge on any atom is -0.478 e. The van der Waals surface area contributed by atoms with Crippen LogP contribution in [-0.4, -0.2) is 27.1 Å². The molecule has 2 N–H and O–H groups in total. The van der Waals surface area contributed by atoms with Crippen LogP contribution in [0.15, 0.2) is 24.4 Å². The van der Waals surface area contributed by atoms with Gasteiger partial charge in [0.25, 0.3) is 0 Å². The standard InChI is InChI=1S/C14H15N3O2/c1-8-5-10(6-8)16-14-15-7-9-3-2-4-11(13(18)19)12(9)17-14/h2-4,7-8,10H,5-6H2,1H3,(H,18,19)(H,15,16,17). The third kappa shape index (κ3) is 2.23. The van der Waals surface area contributed by atoms with Gasteiger partial charge in [-0.15, -0.1) is 0 Å². The summed E-state index contributed by atoms with van der Waals surface area (Å²) in [4.78, 5) is 19.8. The summed E-state index contributed by atoms with van der Waals surface area (Å²) in [6.07, 6.45) is 3.89. The lowest BCUT2D eigenvalue weighted by molar-refractivity contribution is 0.0699. The molecular weight excluding hydrogens is 242 g/mol. The lowest BCUT2D eigenvalue weighted by atomic mass is 9.82. The second-order valence-electron chi connectivity index (χ2n) is 5.16. The summed E-state index contributed by atoms with van der Waals surface area (Å²) < 4.78 is 0. The number of nitrogens with one attached hydrogen (secondary N) is 1. The topological polar surface area (TPSA) is 75.1 Å². The van der Waals surface area contributed by atoms with Crippen LogP contribution in [0.2, 0.25) is 0 Å². The second-order valence-corrected chi connectivity index (χ2v) is 5.16. The van der Waals surface area contributed by atoms with E-state index in [9.17, 15) is 4.79 Å². The number of carboxylic acids is 1. The largest absolute Gasteiger partial charge is 0.478 e. The molecule has 5 heteroatoms. The van der Waals surface area contributed by atoms with Gasteiger partial charge in [-0.25, -0.2) is 14.8 Å². The van der Waals surface area contributed by atoms with Gasteiger partial charge < -0.3 is 10.4 Å². The number of para-hydroxylation sites is 1. The van der Waals surface area contributed by atoms with Crippen molar-refractivity contribution in [2.45, 2.75) is 25.8 Å². The first-order valence-electron chi connectivity index (χ1n) is 6.39. The van der Waals surface area contributed by atoms with Crippen molar-refractivity contribution in [1.29, 1.82) is 0 Å². The predicted molar refractivity (Wildman–Crippen MR) is 72.3 cm³/mol. The number of carboxylic acid groups (broad SMARTS) is 1.